The lowest BCUT2D eigenvalue weighted by Crippen LogP contribution is -2.41. The zero-order valence-corrected chi connectivity index (χ0v) is 93.0. The second kappa shape index (κ2) is 54.2. The molecule has 0 spiro atoms. The fourth-order valence-electron chi connectivity index (χ4n) is 24.9. The van der Waals surface area contributed by atoms with Gasteiger partial charge in [-0.15, -0.1) is 0 Å². The molecule has 4 nitrogen and oxygen atoms in total. The second-order valence-corrected chi connectivity index (χ2v) is 45.9. The van der Waals surface area contributed by atoms with Crippen LogP contribution in [-0.2, 0) is 33.0 Å². The molecule has 0 atom stereocenters. The highest BCUT2D eigenvalue weighted by Gasteiger charge is 2.52. The van der Waals surface area contributed by atoms with Crippen LogP contribution >= 0.6 is 15.9 Å². The van der Waals surface area contributed by atoms with Crippen molar-refractivity contribution in [1.29, 1.82) is 0 Å². The zero-order chi connectivity index (χ0) is 102. The first-order valence-electron chi connectivity index (χ1n) is 58.7. The van der Waals surface area contributed by atoms with E-state index in [0.717, 1.165) is 22.8 Å². The number of rotatable bonds is 54. The third-order valence-electron chi connectivity index (χ3n) is 34.0. The largest absolute Gasteiger partial charge is 0.494 e. The summed E-state index contributed by atoms with van der Waals surface area (Å²) in [6, 6.07) is 123. The van der Waals surface area contributed by atoms with E-state index in [1.807, 2.05) is 0 Å². The van der Waals surface area contributed by atoms with E-state index in [1.165, 1.54) is 417 Å². The van der Waals surface area contributed by atoms with Crippen LogP contribution in [0, 0.1) is 0 Å². The number of halogens is 1. The highest BCUT2D eigenvalue weighted by molar-refractivity contribution is 9.10. The lowest BCUT2D eigenvalue weighted by Gasteiger charge is -2.34. The number of fused-ring (bicyclic) bond motifs is 12. The summed E-state index contributed by atoms with van der Waals surface area (Å²) in [4.78, 5) is 4.99. The summed E-state index contributed by atoms with van der Waals surface area (Å²) < 4.78 is 13.5. The number of benzene rings is 14. The van der Waals surface area contributed by atoms with Gasteiger partial charge in [0.05, 0.1) is 11.2 Å². The molecule has 4 aliphatic carbocycles. The molecule has 0 N–H and O–H groups in total. The fraction of sp³-hybridized carbons (Fsp3) is 0.408. The molecule has 770 valence electrons. The first kappa shape index (κ1) is 108. The summed E-state index contributed by atoms with van der Waals surface area (Å²) in [6.07, 6.45) is 61.9. The molecule has 0 amide bonds. The van der Waals surface area contributed by atoms with Crippen LogP contribution in [0.3, 0.4) is 0 Å². The Bertz CT molecular complexity index is 6390. The van der Waals surface area contributed by atoms with Crippen LogP contribution in [0.4, 0.5) is 34.1 Å². The van der Waals surface area contributed by atoms with Crippen molar-refractivity contribution in [2.24, 2.45) is 0 Å². The van der Waals surface area contributed by atoms with Gasteiger partial charge in [-0.1, -0.05) is 537 Å². The Labute approximate surface area is 902 Å². The standard InChI is InChI=1S/C68H79N.C55H70BrN.C19H21BO2/c1-3-5-7-9-11-13-15-17-19-28-48-68(49-29-20-18-16-14-12-10-8-6-4-2)66-35-27-26-34-63(66)64-47-46-61(52-67(64)68)69(59-42-38-54(39-43-59)53-30-22-21-23-31-53)60-44-40-55(41-45-60)56-36-37-58-50-57-32-24-25-33-62(57)65(58)51-56;1-3-5-7-9-11-13-15-17-19-26-42-55(43-27-20-18-16-14-12-10-8-6-4-2)53-31-25-24-30-51(53)52-41-40-50(44-54(52)55)57(49-38-34-47(56)35-39-49)48-36-32-46(33-37-48)45-28-22-21-23-29-45;1-18(2)19(3,4)22-20(21-18)15-10-9-14-11-13-7-5-6-8-16(13)17(14)12-15/h21-27,30-47,51-52H,3-20,28-29,48-50H2,1-2H3;21-25,28-41,44H,3-20,26-27,42-43H2,1-2H3;5-10,12H,11H2,1-4H3. The number of hydrogen-bond acceptors (Lipinski definition) is 4. The van der Waals surface area contributed by atoms with Gasteiger partial charge in [0, 0.05) is 49.4 Å². The molecule has 1 aliphatic heterocycles. The predicted octanol–water partition coefficient (Wildman–Crippen LogP) is 43.0. The van der Waals surface area contributed by atoms with Crippen molar-refractivity contribution in [2.45, 2.75) is 373 Å². The van der Waals surface area contributed by atoms with Gasteiger partial charge in [-0.2, -0.15) is 0 Å². The van der Waals surface area contributed by atoms with Gasteiger partial charge in [0.2, 0.25) is 0 Å². The molecule has 6 heteroatoms. The van der Waals surface area contributed by atoms with Gasteiger partial charge < -0.3 is 19.1 Å². The van der Waals surface area contributed by atoms with E-state index in [1.54, 1.807) is 22.3 Å². The van der Waals surface area contributed by atoms with Gasteiger partial charge in [-0.05, 0) is 285 Å². The Morgan fingerprint density at radius 2 is 0.473 bits per heavy atom. The summed E-state index contributed by atoms with van der Waals surface area (Å²) in [7, 11) is -0.289. The minimum absolute atomic E-state index is 0.0150. The SMILES string of the molecule is CC1(C)OB(c2ccc3c(c2)-c2ccccc2C3)OC1(C)C.CCCCCCCCCCCCC1(CCCCCCCCCCCC)c2ccccc2-c2ccc(N(c3ccc(-c4ccccc4)cc3)c3ccc(-c4ccc5c(c4)-c4ccccc4C5)cc3)cc21.CCCCCCCCCCCCC1(CCCCCCCCCCCC)c2ccccc2-c2ccc(N(c3ccc(Br)cc3)c3ccc(-c4ccccc4)cc3)cc21. The molecule has 1 saturated heterocycles. The molecule has 0 saturated carbocycles. The summed E-state index contributed by atoms with van der Waals surface area (Å²) >= 11 is 3.71. The van der Waals surface area contributed by atoms with Crippen LogP contribution in [0.25, 0.3) is 77.9 Å². The molecule has 14 aromatic rings. The number of anilines is 6. The van der Waals surface area contributed by atoms with E-state index in [9.17, 15) is 0 Å². The lowest BCUT2D eigenvalue weighted by atomic mass is 9.70. The lowest BCUT2D eigenvalue weighted by molar-refractivity contribution is 0.00578. The third kappa shape index (κ3) is 27.0. The van der Waals surface area contributed by atoms with E-state index in [-0.39, 0.29) is 29.2 Å². The van der Waals surface area contributed by atoms with Crippen LogP contribution in [0.5, 0.6) is 0 Å². The molecular weight excluding hydrogens is 1860 g/mol. The molecule has 0 unspecified atom stereocenters. The van der Waals surface area contributed by atoms with E-state index in [4.69, 9.17) is 9.31 Å². The van der Waals surface area contributed by atoms with Crippen LogP contribution in [-0.4, -0.2) is 18.3 Å². The topological polar surface area (TPSA) is 24.9 Å². The summed E-state index contributed by atoms with van der Waals surface area (Å²) in [5.41, 5.74) is 38.4. The summed E-state index contributed by atoms with van der Waals surface area (Å²) in [6.45, 7) is 17.6. The molecule has 19 rings (SSSR count). The average Bonchev–Trinajstić information content (AvgIpc) is 1.56. The number of hydrogen-bond donors (Lipinski definition) is 0. The summed E-state index contributed by atoms with van der Waals surface area (Å²) in [5.74, 6) is 0. The first-order valence-corrected chi connectivity index (χ1v) is 59.5. The summed E-state index contributed by atoms with van der Waals surface area (Å²) in [5, 5.41) is 0. The van der Waals surface area contributed by atoms with E-state index >= 15 is 0 Å². The Morgan fingerprint density at radius 3 is 0.824 bits per heavy atom. The zero-order valence-electron chi connectivity index (χ0n) is 91.4. The van der Waals surface area contributed by atoms with Crippen molar-refractivity contribution in [1.82, 2.24) is 0 Å². The minimum atomic E-state index is -0.297. The Hall–Kier alpha value is -10.9. The molecule has 0 bridgehead atoms. The molecule has 1 fully saturated rings. The van der Waals surface area contributed by atoms with E-state index in [2.05, 4.69) is 409 Å². The fourth-order valence-corrected chi connectivity index (χ4v) is 25.1. The van der Waals surface area contributed by atoms with E-state index < -0.39 is 0 Å². The molecule has 148 heavy (non-hydrogen) atoms. The van der Waals surface area contributed by atoms with Crippen LogP contribution in [0.2, 0.25) is 0 Å². The molecule has 0 radical (unpaired) electrons. The maximum atomic E-state index is 6.18. The number of unbranched alkanes of at least 4 members (excludes halogenated alkanes) is 36. The molecule has 14 aromatic carbocycles. The van der Waals surface area contributed by atoms with Gasteiger partial charge in [-0.25, -0.2) is 0 Å². The van der Waals surface area contributed by atoms with Crippen LogP contribution < -0.4 is 15.3 Å². The van der Waals surface area contributed by atoms with Crippen LogP contribution in [0.15, 0.2) is 332 Å². The van der Waals surface area contributed by atoms with Crippen molar-refractivity contribution < 1.29 is 9.31 Å². The van der Waals surface area contributed by atoms with Crippen molar-refractivity contribution >= 4 is 62.6 Å². The van der Waals surface area contributed by atoms with Gasteiger partial charge in [0.1, 0.15) is 0 Å². The van der Waals surface area contributed by atoms with Gasteiger partial charge >= 0.3 is 7.12 Å². The van der Waals surface area contributed by atoms with Gasteiger partial charge in [0.15, 0.2) is 0 Å². The Morgan fingerprint density at radius 1 is 0.216 bits per heavy atom. The minimum Gasteiger partial charge on any atom is -0.399 e. The maximum Gasteiger partial charge on any atom is 0.494 e. The first-order chi connectivity index (χ1) is 72.7. The van der Waals surface area contributed by atoms with Crippen molar-refractivity contribution in [3.05, 3.63) is 377 Å². The molecule has 1 heterocycles. The van der Waals surface area contributed by atoms with Crippen molar-refractivity contribution in [3.63, 3.8) is 0 Å². The van der Waals surface area contributed by atoms with Gasteiger partial charge in [-0.3, -0.25) is 0 Å². The predicted molar refractivity (Wildman–Crippen MR) is 643 cm³/mol. The molecule has 5 aliphatic rings. The van der Waals surface area contributed by atoms with E-state index in [0.29, 0.717) is 0 Å². The Balaban J connectivity index is 0.000000169. The third-order valence-corrected chi connectivity index (χ3v) is 34.5. The highest BCUT2D eigenvalue weighted by atomic mass is 79.9. The smallest absolute Gasteiger partial charge is 0.399 e. The maximum absolute atomic E-state index is 6.18. The second-order valence-electron chi connectivity index (χ2n) is 45.0. The Kier molecular flexibility index (Phi) is 39.7. The van der Waals surface area contributed by atoms with Crippen LogP contribution in [0.1, 0.15) is 382 Å². The quantitative estimate of drug-likeness (QED) is 0.0280. The number of nitrogens with zero attached hydrogens (tertiary/aromatic N) is 2. The average molecular weight is 2030 g/mol. The highest BCUT2D eigenvalue weighted by Crippen LogP contribution is 2.59. The van der Waals surface area contributed by atoms with Gasteiger partial charge in [0.25, 0.3) is 0 Å². The molecular formula is C142H170BBrN2O2. The molecule has 0 aromatic heterocycles. The normalized spacial score (nSPS) is 14.0. The monoisotopic (exact) mass is 2030 g/mol. The van der Waals surface area contributed by atoms with Crippen molar-refractivity contribution in [2.75, 3.05) is 9.80 Å². The van der Waals surface area contributed by atoms with Crippen molar-refractivity contribution in [3.8, 4) is 77.9 Å².